The molecule has 0 saturated heterocycles. The molecule has 0 saturated carbocycles. The van der Waals surface area contributed by atoms with E-state index in [0.717, 1.165) is 16.9 Å². The number of ether oxygens (including phenoxy) is 1. The highest BCUT2D eigenvalue weighted by molar-refractivity contribution is 5.78. The molecule has 3 rings (SSSR count). The van der Waals surface area contributed by atoms with Crippen molar-refractivity contribution in [2.75, 3.05) is 6.61 Å². The molecule has 0 radical (unpaired) electrons. The molecule has 5 heteroatoms. The molecule has 0 aliphatic rings. The van der Waals surface area contributed by atoms with Crippen LogP contribution in [-0.4, -0.2) is 11.2 Å². The first-order chi connectivity index (χ1) is 11.0. The van der Waals surface area contributed by atoms with Crippen molar-refractivity contribution in [3.05, 3.63) is 74.6 Å². The maximum Gasteiger partial charge on any atom is 0.422 e. The van der Waals surface area contributed by atoms with Crippen molar-refractivity contribution in [2.45, 2.75) is 20.4 Å². The number of aryl methyl sites for hydroxylation is 2. The van der Waals surface area contributed by atoms with Gasteiger partial charge in [0.2, 0.25) is 0 Å². The molecule has 0 aliphatic heterocycles. The lowest BCUT2D eigenvalue weighted by atomic mass is 10.2. The van der Waals surface area contributed by atoms with Gasteiger partial charge in [-0.3, -0.25) is 4.57 Å². The zero-order valence-corrected chi connectivity index (χ0v) is 13.0. The first kappa shape index (κ1) is 15.1. The molecule has 0 amide bonds. The summed E-state index contributed by atoms with van der Waals surface area (Å²) in [6, 6.07) is 13.0. The molecule has 0 fully saturated rings. The fraction of sp³-hybridized carbons (Fsp3) is 0.222. The SMILES string of the molecule is Cc1cccc(OCCn2c(=O)oc(=O)c3cc(C)ccc32)c1. The van der Waals surface area contributed by atoms with Crippen molar-refractivity contribution in [2.24, 2.45) is 0 Å². The maximum absolute atomic E-state index is 12.0. The lowest BCUT2D eigenvalue weighted by Crippen LogP contribution is -2.27. The minimum Gasteiger partial charge on any atom is -0.492 e. The highest BCUT2D eigenvalue weighted by Crippen LogP contribution is 2.13. The quantitative estimate of drug-likeness (QED) is 0.743. The van der Waals surface area contributed by atoms with Crippen LogP contribution in [0.4, 0.5) is 0 Å². The number of hydrogen-bond donors (Lipinski definition) is 0. The van der Waals surface area contributed by atoms with Gasteiger partial charge in [-0.15, -0.1) is 0 Å². The molecule has 0 N–H and O–H groups in total. The second kappa shape index (κ2) is 6.12. The van der Waals surface area contributed by atoms with Crippen LogP contribution in [0, 0.1) is 13.8 Å². The summed E-state index contributed by atoms with van der Waals surface area (Å²) < 4.78 is 11.9. The van der Waals surface area contributed by atoms with E-state index in [0.29, 0.717) is 24.1 Å². The minimum atomic E-state index is -0.667. The van der Waals surface area contributed by atoms with Gasteiger partial charge in [0.25, 0.3) is 0 Å². The van der Waals surface area contributed by atoms with Gasteiger partial charge >= 0.3 is 11.4 Å². The number of nitrogens with zero attached hydrogens (tertiary/aromatic N) is 1. The van der Waals surface area contributed by atoms with Crippen molar-refractivity contribution in [1.29, 1.82) is 0 Å². The summed E-state index contributed by atoms with van der Waals surface area (Å²) in [5.74, 6) is 0.0785. The maximum atomic E-state index is 12.0. The van der Waals surface area contributed by atoms with E-state index in [4.69, 9.17) is 9.15 Å². The molecule has 5 nitrogen and oxygen atoms in total. The molecular weight excluding hydrogens is 294 g/mol. The largest absolute Gasteiger partial charge is 0.492 e. The third kappa shape index (κ3) is 3.18. The van der Waals surface area contributed by atoms with Gasteiger partial charge in [0, 0.05) is 0 Å². The first-order valence-electron chi connectivity index (χ1n) is 7.38. The van der Waals surface area contributed by atoms with Crippen LogP contribution in [0.15, 0.2) is 56.5 Å². The standard InChI is InChI=1S/C18H17NO4/c1-12-4-3-5-14(10-12)22-9-8-19-16-7-6-13(2)11-15(16)17(20)23-18(19)21/h3-7,10-11H,8-9H2,1-2H3. The van der Waals surface area contributed by atoms with Gasteiger partial charge in [-0.1, -0.05) is 23.8 Å². The summed E-state index contributed by atoms with van der Waals surface area (Å²) in [4.78, 5) is 23.8. The summed E-state index contributed by atoms with van der Waals surface area (Å²) in [6.45, 7) is 4.48. The van der Waals surface area contributed by atoms with Crippen molar-refractivity contribution >= 4 is 10.9 Å². The highest BCUT2D eigenvalue weighted by atomic mass is 16.5. The summed E-state index contributed by atoms with van der Waals surface area (Å²) in [7, 11) is 0. The molecule has 0 aliphatic carbocycles. The van der Waals surface area contributed by atoms with Gasteiger partial charge < -0.3 is 9.15 Å². The van der Waals surface area contributed by atoms with Gasteiger partial charge in [0.05, 0.1) is 17.4 Å². The van der Waals surface area contributed by atoms with Crippen molar-refractivity contribution in [1.82, 2.24) is 4.57 Å². The Morgan fingerprint density at radius 3 is 2.61 bits per heavy atom. The molecule has 0 spiro atoms. The van der Waals surface area contributed by atoms with Crippen molar-refractivity contribution in [3.63, 3.8) is 0 Å². The van der Waals surface area contributed by atoms with Crippen LogP contribution in [0.1, 0.15) is 11.1 Å². The number of benzene rings is 2. The van der Waals surface area contributed by atoms with Crippen LogP contribution in [0.5, 0.6) is 5.75 Å². The Kier molecular flexibility index (Phi) is 4.02. The fourth-order valence-corrected chi connectivity index (χ4v) is 2.51. The zero-order chi connectivity index (χ0) is 16.4. The van der Waals surface area contributed by atoms with E-state index >= 15 is 0 Å². The van der Waals surface area contributed by atoms with E-state index in [2.05, 4.69) is 0 Å². The average Bonchev–Trinajstić information content (AvgIpc) is 2.51. The van der Waals surface area contributed by atoms with Crippen molar-refractivity contribution in [3.8, 4) is 5.75 Å². The lowest BCUT2D eigenvalue weighted by Gasteiger charge is -2.10. The number of aromatic nitrogens is 1. The van der Waals surface area contributed by atoms with Crippen LogP contribution in [0.2, 0.25) is 0 Å². The number of fused-ring (bicyclic) bond motifs is 1. The molecule has 23 heavy (non-hydrogen) atoms. The molecule has 1 aromatic heterocycles. The fourth-order valence-electron chi connectivity index (χ4n) is 2.51. The van der Waals surface area contributed by atoms with Gasteiger partial charge in [-0.05, 0) is 43.7 Å². The predicted octanol–water partition coefficient (Wildman–Crippen LogP) is 2.65. The summed E-state index contributed by atoms with van der Waals surface area (Å²) in [5.41, 5.74) is 1.99. The third-order valence-corrected chi connectivity index (χ3v) is 3.64. The van der Waals surface area contributed by atoms with Crippen LogP contribution in [0.3, 0.4) is 0 Å². The lowest BCUT2D eigenvalue weighted by molar-refractivity contribution is 0.287. The Morgan fingerprint density at radius 2 is 1.83 bits per heavy atom. The Balaban J connectivity index is 1.88. The van der Waals surface area contributed by atoms with Gasteiger partial charge in [0.1, 0.15) is 12.4 Å². The van der Waals surface area contributed by atoms with Crippen LogP contribution < -0.4 is 16.1 Å². The Labute approximate surface area is 132 Å². The second-order valence-electron chi connectivity index (χ2n) is 5.49. The van der Waals surface area contributed by atoms with E-state index in [1.807, 2.05) is 44.2 Å². The zero-order valence-electron chi connectivity index (χ0n) is 13.0. The molecule has 0 atom stereocenters. The summed E-state index contributed by atoms with van der Waals surface area (Å²) >= 11 is 0. The van der Waals surface area contributed by atoms with Crippen molar-refractivity contribution < 1.29 is 9.15 Å². The molecule has 1 heterocycles. The third-order valence-electron chi connectivity index (χ3n) is 3.64. The van der Waals surface area contributed by atoms with E-state index in [9.17, 15) is 9.59 Å². The smallest absolute Gasteiger partial charge is 0.422 e. The summed E-state index contributed by atoms with van der Waals surface area (Å²) in [6.07, 6.45) is 0. The molecule has 0 bridgehead atoms. The topological polar surface area (TPSA) is 61.4 Å². The number of rotatable bonds is 4. The Bertz CT molecular complexity index is 969. The minimum absolute atomic E-state index is 0.302. The summed E-state index contributed by atoms with van der Waals surface area (Å²) in [5, 5.41) is 0.403. The molecule has 0 unspecified atom stereocenters. The first-order valence-corrected chi connectivity index (χ1v) is 7.38. The second-order valence-corrected chi connectivity index (χ2v) is 5.49. The van der Waals surface area contributed by atoms with Crippen LogP contribution in [-0.2, 0) is 6.54 Å². The van der Waals surface area contributed by atoms with E-state index in [-0.39, 0.29) is 0 Å². The monoisotopic (exact) mass is 311 g/mol. The van der Waals surface area contributed by atoms with Crippen LogP contribution in [0.25, 0.3) is 10.9 Å². The number of hydrogen-bond acceptors (Lipinski definition) is 4. The molecular formula is C18H17NO4. The average molecular weight is 311 g/mol. The molecule has 2 aromatic carbocycles. The van der Waals surface area contributed by atoms with Gasteiger partial charge in [-0.25, -0.2) is 9.59 Å². The van der Waals surface area contributed by atoms with E-state index in [1.165, 1.54) is 4.57 Å². The van der Waals surface area contributed by atoms with Gasteiger partial charge in [-0.2, -0.15) is 0 Å². The van der Waals surface area contributed by atoms with E-state index in [1.54, 1.807) is 12.1 Å². The highest BCUT2D eigenvalue weighted by Gasteiger charge is 2.09. The Morgan fingerprint density at radius 1 is 1.04 bits per heavy atom. The van der Waals surface area contributed by atoms with Gasteiger partial charge in [0.15, 0.2) is 0 Å². The molecule has 3 aromatic rings. The molecule has 118 valence electrons. The predicted molar refractivity (Wildman–Crippen MR) is 88.2 cm³/mol. The van der Waals surface area contributed by atoms with Crippen LogP contribution >= 0.6 is 0 Å². The Hall–Kier alpha value is -2.82. The van der Waals surface area contributed by atoms with E-state index < -0.39 is 11.4 Å². The normalized spacial score (nSPS) is 10.9.